The second-order valence-corrected chi connectivity index (χ2v) is 4.97. The first kappa shape index (κ1) is 13.0. The molecule has 16 heavy (non-hydrogen) atoms. The fourth-order valence-corrected chi connectivity index (χ4v) is 1.48. The van der Waals surface area contributed by atoms with E-state index < -0.39 is 0 Å². The monoisotopic (exact) mass is 222 g/mol. The molecule has 90 valence electrons. The molecule has 0 bridgehead atoms. The smallest absolute Gasteiger partial charge is 0.120 e. The van der Waals surface area contributed by atoms with Crippen LogP contribution in [0.3, 0.4) is 0 Å². The predicted octanol–water partition coefficient (Wildman–Crippen LogP) is 2.21. The third-order valence-corrected chi connectivity index (χ3v) is 2.21. The molecular formula is C13H22N2O. The van der Waals surface area contributed by atoms with Gasteiger partial charge in [0.1, 0.15) is 11.4 Å². The van der Waals surface area contributed by atoms with Gasteiger partial charge < -0.3 is 16.2 Å². The summed E-state index contributed by atoms with van der Waals surface area (Å²) >= 11 is 0. The Morgan fingerprint density at radius 1 is 1.19 bits per heavy atom. The van der Waals surface area contributed by atoms with Crippen molar-refractivity contribution in [2.24, 2.45) is 11.5 Å². The summed E-state index contributed by atoms with van der Waals surface area (Å²) in [6.45, 7) is 6.70. The van der Waals surface area contributed by atoms with Crippen molar-refractivity contribution in [1.82, 2.24) is 0 Å². The number of ether oxygens (including phenoxy) is 1. The molecule has 3 heteroatoms. The maximum absolute atomic E-state index is 5.96. The highest BCUT2D eigenvalue weighted by Crippen LogP contribution is 2.21. The molecule has 0 aromatic heterocycles. The zero-order valence-corrected chi connectivity index (χ0v) is 10.4. The standard InChI is InChI=1S/C13H22N2O/c1-13(2,3)16-11-6-4-10(5-7-11)12(15)8-9-14/h4-7,12H,8-9,14-15H2,1-3H3/t12-/m0/s1. The molecule has 0 aliphatic rings. The summed E-state index contributed by atoms with van der Waals surface area (Å²) in [5.74, 6) is 0.871. The maximum atomic E-state index is 5.96. The highest BCUT2D eigenvalue weighted by molar-refractivity contribution is 5.29. The Hall–Kier alpha value is -1.06. The first-order chi connectivity index (χ1) is 7.42. The first-order valence-corrected chi connectivity index (χ1v) is 5.67. The van der Waals surface area contributed by atoms with Crippen LogP contribution in [0.1, 0.15) is 38.8 Å². The summed E-state index contributed by atoms with van der Waals surface area (Å²) in [4.78, 5) is 0. The number of benzene rings is 1. The highest BCUT2D eigenvalue weighted by atomic mass is 16.5. The lowest BCUT2D eigenvalue weighted by Gasteiger charge is -2.21. The molecule has 0 saturated heterocycles. The molecule has 0 aliphatic carbocycles. The van der Waals surface area contributed by atoms with Crippen LogP contribution >= 0.6 is 0 Å². The molecule has 0 fully saturated rings. The van der Waals surface area contributed by atoms with Crippen LogP contribution in [0.4, 0.5) is 0 Å². The molecule has 1 atom stereocenters. The molecular weight excluding hydrogens is 200 g/mol. The van der Waals surface area contributed by atoms with Gasteiger partial charge in [-0.05, 0) is 51.4 Å². The van der Waals surface area contributed by atoms with Crippen molar-refractivity contribution >= 4 is 0 Å². The fourth-order valence-electron chi connectivity index (χ4n) is 1.48. The molecule has 1 aromatic carbocycles. The third kappa shape index (κ3) is 4.21. The van der Waals surface area contributed by atoms with Crippen LogP contribution in [0.5, 0.6) is 5.75 Å². The van der Waals surface area contributed by atoms with Crippen LogP contribution in [-0.2, 0) is 0 Å². The lowest BCUT2D eigenvalue weighted by Crippen LogP contribution is -2.23. The highest BCUT2D eigenvalue weighted by Gasteiger charge is 2.12. The average molecular weight is 222 g/mol. The molecule has 1 aromatic rings. The molecule has 0 heterocycles. The van der Waals surface area contributed by atoms with Crippen molar-refractivity contribution in [2.75, 3.05) is 6.54 Å². The number of hydrogen-bond donors (Lipinski definition) is 2. The summed E-state index contributed by atoms with van der Waals surface area (Å²) in [7, 11) is 0. The predicted molar refractivity (Wildman–Crippen MR) is 67.4 cm³/mol. The quantitative estimate of drug-likeness (QED) is 0.821. The fraction of sp³-hybridized carbons (Fsp3) is 0.538. The van der Waals surface area contributed by atoms with Crippen molar-refractivity contribution in [2.45, 2.75) is 38.8 Å². The molecule has 0 unspecified atom stereocenters. The minimum absolute atomic E-state index is 0.0219. The van der Waals surface area contributed by atoms with Gasteiger partial charge in [0.25, 0.3) is 0 Å². The summed E-state index contributed by atoms with van der Waals surface area (Å²) in [6.07, 6.45) is 0.805. The number of hydrogen-bond acceptors (Lipinski definition) is 3. The topological polar surface area (TPSA) is 61.3 Å². The zero-order valence-electron chi connectivity index (χ0n) is 10.4. The molecule has 1 rings (SSSR count). The molecule has 4 N–H and O–H groups in total. The van der Waals surface area contributed by atoms with Gasteiger partial charge in [-0.15, -0.1) is 0 Å². The van der Waals surface area contributed by atoms with Crippen molar-refractivity contribution in [3.05, 3.63) is 29.8 Å². The van der Waals surface area contributed by atoms with E-state index in [1.54, 1.807) is 0 Å². The Labute approximate surface area is 97.8 Å². The van der Waals surface area contributed by atoms with E-state index in [-0.39, 0.29) is 11.6 Å². The normalized spacial score (nSPS) is 13.6. The Kier molecular flexibility index (Phi) is 4.33. The van der Waals surface area contributed by atoms with E-state index in [2.05, 4.69) is 0 Å². The molecule has 0 spiro atoms. The summed E-state index contributed by atoms with van der Waals surface area (Å²) in [5, 5.41) is 0. The van der Waals surface area contributed by atoms with Gasteiger partial charge in [0.2, 0.25) is 0 Å². The van der Waals surface area contributed by atoms with E-state index in [1.807, 2.05) is 45.0 Å². The second-order valence-electron chi connectivity index (χ2n) is 4.97. The van der Waals surface area contributed by atoms with Crippen molar-refractivity contribution in [3.63, 3.8) is 0 Å². The number of nitrogens with two attached hydrogens (primary N) is 2. The minimum Gasteiger partial charge on any atom is -0.488 e. The Bertz CT molecular complexity index is 314. The van der Waals surface area contributed by atoms with Gasteiger partial charge in [-0.1, -0.05) is 12.1 Å². The Morgan fingerprint density at radius 3 is 2.19 bits per heavy atom. The van der Waals surface area contributed by atoms with Gasteiger partial charge >= 0.3 is 0 Å². The summed E-state index contributed by atoms with van der Waals surface area (Å²) in [6, 6.07) is 7.94. The molecule has 0 aliphatic heterocycles. The molecule has 3 nitrogen and oxygen atoms in total. The SMILES string of the molecule is CC(C)(C)Oc1ccc([C@@H](N)CCN)cc1. The van der Waals surface area contributed by atoms with E-state index in [9.17, 15) is 0 Å². The van der Waals surface area contributed by atoms with Crippen LogP contribution < -0.4 is 16.2 Å². The Morgan fingerprint density at radius 2 is 1.75 bits per heavy atom. The van der Waals surface area contributed by atoms with E-state index in [0.717, 1.165) is 17.7 Å². The molecule has 0 radical (unpaired) electrons. The summed E-state index contributed by atoms with van der Waals surface area (Å²) < 4.78 is 5.73. The van der Waals surface area contributed by atoms with Crippen molar-refractivity contribution in [1.29, 1.82) is 0 Å². The van der Waals surface area contributed by atoms with Gasteiger partial charge in [-0.3, -0.25) is 0 Å². The van der Waals surface area contributed by atoms with Crippen LogP contribution in [0.25, 0.3) is 0 Å². The van der Waals surface area contributed by atoms with Crippen LogP contribution in [0.2, 0.25) is 0 Å². The van der Waals surface area contributed by atoms with Gasteiger partial charge in [-0.25, -0.2) is 0 Å². The molecule has 0 amide bonds. The van der Waals surface area contributed by atoms with Crippen molar-refractivity contribution in [3.8, 4) is 5.75 Å². The average Bonchev–Trinajstić information content (AvgIpc) is 2.16. The second kappa shape index (κ2) is 5.32. The molecule has 0 saturated carbocycles. The van der Waals surface area contributed by atoms with Gasteiger partial charge in [0.15, 0.2) is 0 Å². The van der Waals surface area contributed by atoms with Gasteiger partial charge in [-0.2, -0.15) is 0 Å². The first-order valence-electron chi connectivity index (χ1n) is 5.67. The number of rotatable bonds is 4. The maximum Gasteiger partial charge on any atom is 0.120 e. The van der Waals surface area contributed by atoms with Gasteiger partial charge in [0, 0.05) is 6.04 Å². The van der Waals surface area contributed by atoms with Crippen LogP contribution in [-0.4, -0.2) is 12.1 Å². The van der Waals surface area contributed by atoms with E-state index in [4.69, 9.17) is 16.2 Å². The van der Waals surface area contributed by atoms with Crippen molar-refractivity contribution < 1.29 is 4.74 Å². The van der Waals surface area contributed by atoms with Crippen LogP contribution in [0, 0.1) is 0 Å². The lowest BCUT2D eigenvalue weighted by molar-refractivity contribution is 0.131. The Balaban J connectivity index is 2.68. The zero-order chi connectivity index (χ0) is 12.2. The minimum atomic E-state index is -0.166. The lowest BCUT2D eigenvalue weighted by atomic mass is 10.0. The van der Waals surface area contributed by atoms with E-state index in [1.165, 1.54) is 0 Å². The van der Waals surface area contributed by atoms with Crippen LogP contribution in [0.15, 0.2) is 24.3 Å². The summed E-state index contributed by atoms with van der Waals surface area (Å²) in [5.41, 5.74) is 12.4. The van der Waals surface area contributed by atoms with E-state index in [0.29, 0.717) is 6.54 Å². The largest absolute Gasteiger partial charge is 0.488 e. The third-order valence-electron chi connectivity index (χ3n) is 2.21. The van der Waals surface area contributed by atoms with Gasteiger partial charge in [0.05, 0.1) is 0 Å². The van der Waals surface area contributed by atoms with E-state index >= 15 is 0 Å².